The highest BCUT2D eigenvalue weighted by Crippen LogP contribution is 2.05. The number of carbonyl (C=O) groups excluding carboxylic acids is 1. The largest absolute Gasteiger partial charge is 0.463 e. The molecule has 0 radical (unpaired) electrons. The fourth-order valence-electron chi connectivity index (χ4n) is 0.620. The summed E-state index contributed by atoms with van der Waals surface area (Å²) in [6.45, 7) is 2.21. The number of carbonyl (C=O) groups is 1. The van der Waals surface area contributed by atoms with Crippen LogP contribution in [0.3, 0.4) is 0 Å². The Bertz CT molecular complexity index is 203. The number of ether oxygens (including phenoxy) is 1. The van der Waals surface area contributed by atoms with Crippen LogP contribution < -0.4 is 0 Å². The highest BCUT2D eigenvalue weighted by molar-refractivity contribution is 8.02. The predicted octanol–water partition coefficient (Wildman–Crippen LogP) is 2.21. The van der Waals surface area contributed by atoms with Crippen LogP contribution in [-0.4, -0.2) is 18.3 Å². The minimum absolute atomic E-state index is 0.285. The van der Waals surface area contributed by atoms with Gasteiger partial charge >= 0.3 is 5.97 Å². The molecule has 2 nitrogen and oxygen atoms in total. The minimum Gasteiger partial charge on any atom is -0.463 e. The maximum absolute atomic E-state index is 10.8. The van der Waals surface area contributed by atoms with Crippen LogP contribution in [0.25, 0.3) is 0 Å². The van der Waals surface area contributed by atoms with Gasteiger partial charge in [-0.2, -0.15) is 0 Å². The van der Waals surface area contributed by atoms with E-state index in [2.05, 4.69) is 5.92 Å². The van der Waals surface area contributed by atoms with E-state index in [1.165, 1.54) is 6.08 Å². The van der Waals surface area contributed by atoms with Gasteiger partial charge in [-0.05, 0) is 24.5 Å². The Morgan fingerprint density at radius 1 is 1.69 bits per heavy atom. The highest BCUT2D eigenvalue weighted by atomic mass is 32.2. The quantitative estimate of drug-likeness (QED) is 0.283. The molecule has 0 aliphatic carbocycles. The van der Waals surface area contributed by atoms with Crippen LogP contribution in [0.15, 0.2) is 11.5 Å². The van der Waals surface area contributed by atoms with Crippen molar-refractivity contribution in [1.82, 2.24) is 0 Å². The number of esters is 1. The van der Waals surface area contributed by atoms with Gasteiger partial charge < -0.3 is 4.74 Å². The molecule has 0 bridgehead atoms. The lowest BCUT2D eigenvalue weighted by molar-refractivity contribution is -0.137. The smallest absolute Gasteiger partial charge is 0.331 e. The Labute approximate surface area is 83.7 Å². The van der Waals surface area contributed by atoms with Crippen LogP contribution >= 0.6 is 11.8 Å². The lowest BCUT2D eigenvalue weighted by Gasteiger charge is -1.94. The van der Waals surface area contributed by atoms with Crippen molar-refractivity contribution in [3.05, 3.63) is 11.5 Å². The van der Waals surface area contributed by atoms with Crippen molar-refractivity contribution < 1.29 is 9.53 Å². The summed E-state index contributed by atoms with van der Waals surface area (Å²) in [7, 11) is 0. The lowest BCUT2D eigenvalue weighted by Crippen LogP contribution is -1.98. The number of hydrogen-bond donors (Lipinski definition) is 0. The number of thioether (sulfide) groups is 1. The fourth-order valence-corrected chi connectivity index (χ4v) is 1.27. The zero-order valence-electron chi connectivity index (χ0n) is 7.79. The lowest BCUT2D eigenvalue weighted by atomic mass is 10.4. The second kappa shape index (κ2) is 9.21. The molecule has 0 rings (SSSR count). The summed E-state index contributed by atoms with van der Waals surface area (Å²) >= 11 is 1.57. The van der Waals surface area contributed by atoms with Gasteiger partial charge in [0.05, 0.1) is 6.61 Å². The van der Waals surface area contributed by atoms with E-state index in [0.717, 1.165) is 18.6 Å². The number of hydrogen-bond acceptors (Lipinski definition) is 3. The van der Waals surface area contributed by atoms with Crippen molar-refractivity contribution in [1.29, 1.82) is 0 Å². The van der Waals surface area contributed by atoms with E-state index in [0.29, 0.717) is 6.61 Å². The van der Waals surface area contributed by atoms with E-state index < -0.39 is 0 Å². The second-order valence-electron chi connectivity index (χ2n) is 2.23. The Balaban J connectivity index is 3.31. The van der Waals surface area contributed by atoms with Gasteiger partial charge in [-0.15, -0.1) is 24.1 Å². The number of terminal acetylenes is 1. The predicted molar refractivity (Wildman–Crippen MR) is 56.3 cm³/mol. The average Bonchev–Trinajstić information content (AvgIpc) is 2.11. The van der Waals surface area contributed by atoms with E-state index in [1.54, 1.807) is 24.1 Å². The van der Waals surface area contributed by atoms with E-state index in [-0.39, 0.29) is 5.97 Å². The molecule has 0 aromatic heterocycles. The molecular formula is C10H14O2S. The highest BCUT2D eigenvalue weighted by Gasteiger charge is 1.91. The first kappa shape index (κ1) is 12.1. The zero-order chi connectivity index (χ0) is 9.94. The molecule has 0 fully saturated rings. The van der Waals surface area contributed by atoms with Gasteiger partial charge in [0.25, 0.3) is 0 Å². The van der Waals surface area contributed by atoms with Gasteiger partial charge in [-0.3, -0.25) is 0 Å². The summed E-state index contributed by atoms with van der Waals surface area (Å²) in [4.78, 5) is 10.8. The fraction of sp³-hybridized carbons (Fsp3) is 0.500. The topological polar surface area (TPSA) is 26.3 Å². The molecule has 0 aromatic carbocycles. The van der Waals surface area contributed by atoms with Crippen LogP contribution in [0.2, 0.25) is 0 Å². The summed E-state index contributed by atoms with van der Waals surface area (Å²) in [6.07, 6.45) is 8.29. The Kier molecular flexibility index (Phi) is 8.59. The van der Waals surface area contributed by atoms with Crippen molar-refractivity contribution in [2.75, 3.05) is 12.4 Å². The summed E-state index contributed by atoms with van der Waals surface area (Å²) < 4.78 is 4.70. The summed E-state index contributed by atoms with van der Waals surface area (Å²) in [5, 5.41) is 1.74. The van der Waals surface area contributed by atoms with Crippen LogP contribution in [0, 0.1) is 12.3 Å². The monoisotopic (exact) mass is 198 g/mol. The molecule has 0 saturated carbocycles. The van der Waals surface area contributed by atoms with Crippen LogP contribution in [0.5, 0.6) is 0 Å². The molecule has 0 amide bonds. The summed E-state index contributed by atoms with van der Waals surface area (Å²) in [6, 6.07) is 0. The normalized spacial score (nSPS) is 9.85. The molecular weight excluding hydrogens is 184 g/mol. The van der Waals surface area contributed by atoms with Gasteiger partial charge in [0, 0.05) is 12.5 Å². The Hall–Kier alpha value is -0.880. The third-order valence-electron chi connectivity index (χ3n) is 1.17. The van der Waals surface area contributed by atoms with Crippen molar-refractivity contribution in [3.8, 4) is 12.3 Å². The zero-order valence-corrected chi connectivity index (χ0v) is 8.60. The van der Waals surface area contributed by atoms with E-state index >= 15 is 0 Å². The maximum Gasteiger partial charge on any atom is 0.331 e. The van der Waals surface area contributed by atoms with Crippen LogP contribution in [0.1, 0.15) is 19.8 Å². The second-order valence-corrected chi connectivity index (χ2v) is 3.25. The van der Waals surface area contributed by atoms with Crippen molar-refractivity contribution in [2.45, 2.75) is 19.8 Å². The molecule has 0 aliphatic heterocycles. The SMILES string of the molecule is C#CCCCS/C=C/C(=O)OCC. The van der Waals surface area contributed by atoms with Gasteiger partial charge in [-0.25, -0.2) is 4.79 Å². The minimum atomic E-state index is -0.285. The van der Waals surface area contributed by atoms with Crippen molar-refractivity contribution in [2.24, 2.45) is 0 Å². The molecule has 0 atom stereocenters. The first-order valence-corrected chi connectivity index (χ1v) is 5.24. The molecule has 3 heteroatoms. The number of unbranched alkanes of at least 4 members (excludes halogenated alkanes) is 1. The summed E-state index contributed by atoms with van der Waals surface area (Å²) in [5.41, 5.74) is 0. The number of rotatable bonds is 6. The molecule has 0 N–H and O–H groups in total. The first-order chi connectivity index (χ1) is 6.31. The first-order valence-electron chi connectivity index (χ1n) is 4.19. The van der Waals surface area contributed by atoms with E-state index in [9.17, 15) is 4.79 Å². The molecule has 0 heterocycles. The molecule has 13 heavy (non-hydrogen) atoms. The molecule has 0 aliphatic rings. The standard InChI is InChI=1S/C10H14O2S/c1-3-5-6-8-13-9-7-10(11)12-4-2/h1,7,9H,4-6,8H2,2H3/b9-7+. The van der Waals surface area contributed by atoms with E-state index in [4.69, 9.17) is 11.2 Å². The van der Waals surface area contributed by atoms with Gasteiger partial charge in [0.15, 0.2) is 0 Å². The van der Waals surface area contributed by atoms with Gasteiger partial charge in [-0.1, -0.05) is 0 Å². The van der Waals surface area contributed by atoms with Crippen LogP contribution in [-0.2, 0) is 9.53 Å². The molecule has 0 saturated heterocycles. The van der Waals surface area contributed by atoms with Crippen LogP contribution in [0.4, 0.5) is 0 Å². The average molecular weight is 198 g/mol. The third kappa shape index (κ3) is 9.03. The molecule has 0 unspecified atom stereocenters. The summed E-state index contributed by atoms with van der Waals surface area (Å²) in [5.74, 6) is 3.22. The Morgan fingerprint density at radius 3 is 3.08 bits per heavy atom. The molecule has 72 valence electrons. The molecule has 0 spiro atoms. The van der Waals surface area contributed by atoms with Gasteiger partial charge in [0.2, 0.25) is 0 Å². The van der Waals surface area contributed by atoms with E-state index in [1.807, 2.05) is 0 Å². The van der Waals surface area contributed by atoms with Crippen molar-refractivity contribution >= 4 is 17.7 Å². The maximum atomic E-state index is 10.8. The molecule has 0 aromatic rings. The van der Waals surface area contributed by atoms with Crippen molar-refractivity contribution in [3.63, 3.8) is 0 Å². The third-order valence-corrected chi connectivity index (χ3v) is 2.02. The Morgan fingerprint density at radius 2 is 2.46 bits per heavy atom. The van der Waals surface area contributed by atoms with Gasteiger partial charge in [0.1, 0.15) is 0 Å².